The number of piperidine rings is 1. The zero-order chi connectivity index (χ0) is 17.1. The van der Waals surface area contributed by atoms with E-state index in [-0.39, 0.29) is 5.91 Å². The first-order valence-corrected chi connectivity index (χ1v) is 10.8. The molecule has 2 aromatic rings. The van der Waals surface area contributed by atoms with Crippen molar-refractivity contribution in [2.24, 2.45) is 5.92 Å². The third-order valence-electron chi connectivity index (χ3n) is 3.97. The molecule has 0 radical (unpaired) electrons. The van der Waals surface area contributed by atoms with Crippen LogP contribution in [-0.4, -0.2) is 39.0 Å². The van der Waals surface area contributed by atoms with Gasteiger partial charge in [-0.25, -0.2) is 4.98 Å². The van der Waals surface area contributed by atoms with Gasteiger partial charge < -0.3 is 10.2 Å². The Labute approximate surface area is 163 Å². The summed E-state index contributed by atoms with van der Waals surface area (Å²) in [4.78, 5) is 18.8. The molecule has 0 aliphatic carbocycles. The SMILES string of the molecule is CC1CCN(C(=S)SCC(=O)Nc2nc3ccc(Br)cc3s2)CC1. The van der Waals surface area contributed by atoms with Gasteiger partial charge in [-0.3, -0.25) is 4.79 Å². The van der Waals surface area contributed by atoms with Crippen molar-refractivity contribution in [3.63, 3.8) is 0 Å². The third-order valence-corrected chi connectivity index (χ3v) is 6.92. The van der Waals surface area contributed by atoms with Gasteiger partial charge in [0.05, 0.1) is 16.0 Å². The van der Waals surface area contributed by atoms with Crippen molar-refractivity contribution < 1.29 is 4.79 Å². The number of thiocarbonyl (C=S) groups is 1. The molecule has 0 unspecified atom stereocenters. The van der Waals surface area contributed by atoms with Crippen LogP contribution < -0.4 is 5.32 Å². The average molecular weight is 444 g/mol. The number of hydrogen-bond acceptors (Lipinski definition) is 5. The van der Waals surface area contributed by atoms with Gasteiger partial charge in [-0.15, -0.1) is 0 Å². The van der Waals surface area contributed by atoms with Gasteiger partial charge in [0.1, 0.15) is 4.32 Å². The Hall–Kier alpha value is -0.700. The van der Waals surface area contributed by atoms with Gasteiger partial charge in [0, 0.05) is 17.6 Å². The van der Waals surface area contributed by atoms with Gasteiger partial charge in [-0.1, -0.05) is 58.2 Å². The van der Waals surface area contributed by atoms with Crippen molar-refractivity contribution in [3.05, 3.63) is 22.7 Å². The number of likely N-dealkylation sites (tertiary alicyclic amines) is 1. The summed E-state index contributed by atoms with van der Waals surface area (Å²) in [6.07, 6.45) is 2.35. The normalized spacial score (nSPS) is 15.7. The fraction of sp³-hybridized carbons (Fsp3) is 0.438. The second-order valence-electron chi connectivity index (χ2n) is 5.90. The van der Waals surface area contributed by atoms with Crippen LogP contribution in [0.15, 0.2) is 22.7 Å². The minimum atomic E-state index is -0.0640. The molecule has 3 rings (SSSR count). The average Bonchev–Trinajstić information content (AvgIpc) is 2.94. The van der Waals surface area contributed by atoms with Gasteiger partial charge in [0.25, 0.3) is 0 Å². The van der Waals surface area contributed by atoms with Crippen LogP contribution in [0.3, 0.4) is 0 Å². The number of fused-ring (bicyclic) bond motifs is 1. The summed E-state index contributed by atoms with van der Waals surface area (Å²) in [5.41, 5.74) is 0.893. The molecule has 0 spiro atoms. The number of carbonyl (C=O) groups is 1. The lowest BCUT2D eigenvalue weighted by Crippen LogP contribution is -2.36. The van der Waals surface area contributed by atoms with Crippen LogP contribution in [0.4, 0.5) is 5.13 Å². The first-order chi connectivity index (χ1) is 11.5. The van der Waals surface area contributed by atoms with Crippen LogP contribution in [0.2, 0.25) is 0 Å². The summed E-state index contributed by atoms with van der Waals surface area (Å²) >= 11 is 11.8. The number of nitrogens with one attached hydrogen (secondary N) is 1. The summed E-state index contributed by atoms with van der Waals surface area (Å²) < 4.78 is 2.88. The molecule has 1 saturated heterocycles. The molecule has 0 saturated carbocycles. The predicted octanol–water partition coefficient (Wildman–Crippen LogP) is 4.75. The number of benzene rings is 1. The van der Waals surface area contributed by atoms with Gasteiger partial charge in [-0.2, -0.15) is 0 Å². The minimum absolute atomic E-state index is 0.0640. The molecule has 4 nitrogen and oxygen atoms in total. The van der Waals surface area contributed by atoms with E-state index in [1.165, 1.54) is 35.9 Å². The lowest BCUT2D eigenvalue weighted by atomic mass is 10.00. The molecular weight excluding hydrogens is 426 g/mol. The van der Waals surface area contributed by atoms with E-state index >= 15 is 0 Å². The standard InChI is InChI=1S/C16H18BrN3OS3/c1-10-4-6-20(7-5-10)16(22)23-9-14(21)19-15-18-12-3-2-11(17)8-13(12)24-15/h2-3,8,10H,4-7,9H2,1H3,(H,18,19,21). The Morgan fingerprint density at radius 2 is 2.25 bits per heavy atom. The maximum Gasteiger partial charge on any atom is 0.236 e. The molecule has 1 aromatic heterocycles. The highest BCUT2D eigenvalue weighted by atomic mass is 79.9. The number of thioether (sulfide) groups is 1. The first kappa shape index (κ1) is 18.1. The maximum atomic E-state index is 12.1. The molecule has 8 heteroatoms. The number of aromatic nitrogens is 1. The number of thiazole rings is 1. The Morgan fingerprint density at radius 3 is 3.00 bits per heavy atom. The van der Waals surface area contributed by atoms with Crippen LogP contribution in [0.1, 0.15) is 19.8 Å². The fourth-order valence-corrected chi connectivity index (χ4v) is 5.00. The summed E-state index contributed by atoms with van der Waals surface area (Å²) in [5, 5.41) is 3.50. The maximum absolute atomic E-state index is 12.1. The lowest BCUT2D eigenvalue weighted by molar-refractivity contribution is -0.113. The molecular formula is C16H18BrN3OS3. The second kappa shape index (κ2) is 8.12. The van der Waals surface area contributed by atoms with Crippen molar-refractivity contribution in [2.75, 3.05) is 24.2 Å². The molecule has 128 valence electrons. The van der Waals surface area contributed by atoms with Crippen molar-refractivity contribution in [3.8, 4) is 0 Å². The molecule has 1 fully saturated rings. The Kier molecular flexibility index (Phi) is 6.12. The number of hydrogen-bond donors (Lipinski definition) is 1. The summed E-state index contributed by atoms with van der Waals surface area (Å²) in [7, 11) is 0. The summed E-state index contributed by atoms with van der Waals surface area (Å²) in [6.45, 7) is 4.28. The number of amides is 1. The van der Waals surface area contributed by atoms with E-state index < -0.39 is 0 Å². The van der Waals surface area contributed by atoms with E-state index in [4.69, 9.17) is 12.2 Å². The van der Waals surface area contributed by atoms with Crippen molar-refractivity contribution in [1.82, 2.24) is 9.88 Å². The predicted molar refractivity (Wildman–Crippen MR) is 111 cm³/mol. The molecule has 1 aromatic carbocycles. The molecule has 0 atom stereocenters. The summed E-state index contributed by atoms with van der Waals surface area (Å²) in [5.74, 6) is 1.03. The lowest BCUT2D eigenvalue weighted by Gasteiger charge is -2.31. The first-order valence-electron chi connectivity index (χ1n) is 7.79. The van der Waals surface area contributed by atoms with Gasteiger partial charge >= 0.3 is 0 Å². The molecule has 1 aliphatic heterocycles. The largest absolute Gasteiger partial charge is 0.357 e. The van der Waals surface area contributed by atoms with E-state index in [2.05, 4.69) is 38.1 Å². The molecule has 2 heterocycles. The van der Waals surface area contributed by atoms with E-state index in [1.807, 2.05) is 18.2 Å². The molecule has 1 amide bonds. The molecule has 0 bridgehead atoms. The van der Waals surface area contributed by atoms with E-state index in [0.717, 1.165) is 38.0 Å². The molecule has 1 N–H and O–H groups in total. The number of carbonyl (C=O) groups excluding carboxylic acids is 1. The highest BCUT2D eigenvalue weighted by Gasteiger charge is 2.19. The molecule has 1 aliphatic rings. The van der Waals surface area contributed by atoms with Crippen molar-refractivity contribution in [1.29, 1.82) is 0 Å². The van der Waals surface area contributed by atoms with E-state index in [9.17, 15) is 4.79 Å². The Morgan fingerprint density at radius 1 is 1.50 bits per heavy atom. The van der Waals surface area contributed by atoms with Crippen LogP contribution in [0, 0.1) is 5.92 Å². The topological polar surface area (TPSA) is 45.2 Å². The minimum Gasteiger partial charge on any atom is -0.357 e. The van der Waals surface area contributed by atoms with Crippen LogP contribution in [0.5, 0.6) is 0 Å². The quantitative estimate of drug-likeness (QED) is 0.693. The number of rotatable bonds is 3. The fourth-order valence-electron chi connectivity index (χ4n) is 2.52. The van der Waals surface area contributed by atoms with Gasteiger partial charge in [-0.05, 0) is 37.0 Å². The van der Waals surface area contributed by atoms with Crippen molar-refractivity contribution >= 4 is 76.8 Å². The smallest absolute Gasteiger partial charge is 0.236 e. The van der Waals surface area contributed by atoms with E-state index in [1.54, 1.807) is 0 Å². The second-order valence-corrected chi connectivity index (χ2v) is 9.46. The summed E-state index contributed by atoms with van der Waals surface area (Å²) in [6, 6.07) is 5.89. The highest BCUT2D eigenvalue weighted by Crippen LogP contribution is 2.28. The van der Waals surface area contributed by atoms with Crippen LogP contribution in [-0.2, 0) is 4.79 Å². The monoisotopic (exact) mass is 443 g/mol. The molecule has 24 heavy (non-hydrogen) atoms. The third kappa shape index (κ3) is 4.68. The van der Waals surface area contributed by atoms with Crippen LogP contribution in [0.25, 0.3) is 10.2 Å². The Bertz CT molecular complexity index is 756. The van der Waals surface area contributed by atoms with Gasteiger partial charge in [0.2, 0.25) is 5.91 Å². The Balaban J connectivity index is 1.50. The number of halogens is 1. The highest BCUT2D eigenvalue weighted by molar-refractivity contribution is 9.10. The van der Waals surface area contributed by atoms with Crippen molar-refractivity contribution in [2.45, 2.75) is 19.8 Å². The van der Waals surface area contributed by atoms with E-state index in [0.29, 0.717) is 10.9 Å². The number of anilines is 1. The zero-order valence-corrected chi connectivity index (χ0v) is 17.3. The van der Waals surface area contributed by atoms with Crippen LogP contribution >= 0.6 is 51.2 Å². The number of nitrogens with zero attached hydrogens (tertiary/aromatic N) is 2. The van der Waals surface area contributed by atoms with Gasteiger partial charge in [0.15, 0.2) is 5.13 Å². The zero-order valence-electron chi connectivity index (χ0n) is 13.3.